The van der Waals surface area contributed by atoms with Crippen molar-refractivity contribution in [1.82, 2.24) is 0 Å². The van der Waals surface area contributed by atoms with Crippen LogP contribution in [0.4, 0.5) is 4.39 Å². The maximum absolute atomic E-state index is 13.4. The molecule has 0 aromatic heterocycles. The standard InChI is InChI=1S/C14H19F.C2H6/c1-10(2)6-11-7-13(9-14(15)8-11)12-4-3-5-12;1-2/h7-10,12H,3-6H2,1-2H3;1-2H3. The van der Waals surface area contributed by atoms with Crippen molar-refractivity contribution in [1.29, 1.82) is 0 Å². The zero-order valence-corrected chi connectivity index (χ0v) is 11.6. The highest BCUT2D eigenvalue weighted by molar-refractivity contribution is 5.29. The van der Waals surface area contributed by atoms with Gasteiger partial charge in [0, 0.05) is 0 Å². The first-order valence-electron chi connectivity index (χ1n) is 6.94. The van der Waals surface area contributed by atoms with Crippen molar-refractivity contribution >= 4 is 0 Å². The van der Waals surface area contributed by atoms with E-state index in [0.29, 0.717) is 11.8 Å². The molecule has 0 spiro atoms. The zero-order chi connectivity index (χ0) is 12.8. The van der Waals surface area contributed by atoms with E-state index in [1.807, 2.05) is 13.8 Å². The Morgan fingerprint density at radius 3 is 2.29 bits per heavy atom. The van der Waals surface area contributed by atoms with Crippen molar-refractivity contribution < 1.29 is 4.39 Å². The molecular weight excluding hydrogens is 211 g/mol. The Bertz CT molecular complexity index is 337. The van der Waals surface area contributed by atoms with E-state index in [1.54, 1.807) is 12.1 Å². The van der Waals surface area contributed by atoms with Crippen LogP contribution in [0.5, 0.6) is 0 Å². The van der Waals surface area contributed by atoms with E-state index in [0.717, 1.165) is 12.0 Å². The van der Waals surface area contributed by atoms with Crippen LogP contribution in [0, 0.1) is 11.7 Å². The Labute approximate surface area is 105 Å². The summed E-state index contributed by atoms with van der Waals surface area (Å²) in [5, 5.41) is 0. The zero-order valence-electron chi connectivity index (χ0n) is 11.6. The van der Waals surface area contributed by atoms with Crippen molar-refractivity contribution in [2.24, 2.45) is 5.92 Å². The van der Waals surface area contributed by atoms with Crippen molar-refractivity contribution in [2.75, 3.05) is 0 Å². The monoisotopic (exact) mass is 236 g/mol. The van der Waals surface area contributed by atoms with Gasteiger partial charge in [-0.1, -0.05) is 40.2 Å². The molecule has 17 heavy (non-hydrogen) atoms. The summed E-state index contributed by atoms with van der Waals surface area (Å²) < 4.78 is 13.4. The van der Waals surface area contributed by atoms with Crippen LogP contribution in [-0.4, -0.2) is 0 Å². The molecule has 0 radical (unpaired) electrons. The predicted octanol–water partition coefficient (Wildman–Crippen LogP) is 5.32. The molecule has 0 amide bonds. The molecule has 0 unspecified atom stereocenters. The number of halogens is 1. The Balaban J connectivity index is 0.000000686. The van der Waals surface area contributed by atoms with Gasteiger partial charge in [-0.2, -0.15) is 0 Å². The Morgan fingerprint density at radius 1 is 1.18 bits per heavy atom. The highest BCUT2D eigenvalue weighted by Crippen LogP contribution is 2.37. The van der Waals surface area contributed by atoms with Crippen LogP contribution >= 0.6 is 0 Å². The van der Waals surface area contributed by atoms with Crippen molar-refractivity contribution in [3.8, 4) is 0 Å². The van der Waals surface area contributed by atoms with E-state index in [2.05, 4.69) is 19.9 Å². The van der Waals surface area contributed by atoms with Crippen molar-refractivity contribution in [2.45, 2.75) is 59.3 Å². The fraction of sp³-hybridized carbons (Fsp3) is 0.625. The molecule has 1 aromatic carbocycles. The van der Waals surface area contributed by atoms with Gasteiger partial charge in [-0.3, -0.25) is 0 Å². The molecule has 0 heterocycles. The molecule has 1 aliphatic rings. The Kier molecular flexibility index (Phi) is 5.67. The van der Waals surface area contributed by atoms with Crippen LogP contribution in [-0.2, 0) is 6.42 Å². The topological polar surface area (TPSA) is 0 Å². The van der Waals surface area contributed by atoms with Gasteiger partial charge in [0.1, 0.15) is 5.82 Å². The van der Waals surface area contributed by atoms with Gasteiger partial charge in [0.25, 0.3) is 0 Å². The van der Waals surface area contributed by atoms with Gasteiger partial charge in [0.2, 0.25) is 0 Å². The molecule has 1 fully saturated rings. The predicted molar refractivity (Wildman–Crippen MR) is 72.9 cm³/mol. The average Bonchev–Trinajstić information content (AvgIpc) is 2.15. The summed E-state index contributed by atoms with van der Waals surface area (Å²) >= 11 is 0. The number of rotatable bonds is 3. The van der Waals surface area contributed by atoms with Gasteiger partial charge in [0.15, 0.2) is 0 Å². The molecule has 1 saturated carbocycles. The van der Waals surface area contributed by atoms with Gasteiger partial charge in [-0.05, 0) is 54.4 Å². The number of hydrogen-bond acceptors (Lipinski definition) is 0. The molecule has 0 bridgehead atoms. The fourth-order valence-corrected chi connectivity index (χ4v) is 2.24. The van der Waals surface area contributed by atoms with Crippen molar-refractivity contribution in [3.63, 3.8) is 0 Å². The maximum atomic E-state index is 13.4. The Morgan fingerprint density at radius 2 is 1.82 bits per heavy atom. The minimum Gasteiger partial charge on any atom is -0.207 e. The van der Waals surface area contributed by atoms with E-state index >= 15 is 0 Å². The highest BCUT2D eigenvalue weighted by atomic mass is 19.1. The Hall–Kier alpha value is -0.850. The third-order valence-electron chi connectivity index (χ3n) is 3.20. The second-order valence-corrected chi connectivity index (χ2v) is 5.12. The lowest BCUT2D eigenvalue weighted by Gasteiger charge is -2.26. The third-order valence-corrected chi connectivity index (χ3v) is 3.20. The molecule has 0 atom stereocenters. The smallest absolute Gasteiger partial charge is 0.123 e. The van der Waals surface area contributed by atoms with Crippen LogP contribution < -0.4 is 0 Å². The summed E-state index contributed by atoms with van der Waals surface area (Å²) in [6, 6.07) is 5.60. The maximum Gasteiger partial charge on any atom is 0.123 e. The second kappa shape index (κ2) is 6.78. The summed E-state index contributed by atoms with van der Waals surface area (Å²) in [4.78, 5) is 0. The van der Waals surface area contributed by atoms with Crippen LogP contribution in [0.3, 0.4) is 0 Å². The lowest BCUT2D eigenvalue weighted by atomic mass is 9.79. The molecule has 96 valence electrons. The van der Waals surface area contributed by atoms with Crippen molar-refractivity contribution in [3.05, 3.63) is 35.1 Å². The fourth-order valence-electron chi connectivity index (χ4n) is 2.24. The van der Waals surface area contributed by atoms with E-state index in [4.69, 9.17) is 0 Å². The molecular formula is C16H25F. The SMILES string of the molecule is CC.CC(C)Cc1cc(F)cc(C2CCC2)c1. The summed E-state index contributed by atoms with van der Waals surface area (Å²) in [6.45, 7) is 8.35. The summed E-state index contributed by atoms with van der Waals surface area (Å²) in [6.07, 6.45) is 4.77. The normalized spacial score (nSPS) is 15.2. The molecule has 0 saturated heterocycles. The van der Waals surface area contributed by atoms with Crippen LogP contribution in [0.15, 0.2) is 18.2 Å². The summed E-state index contributed by atoms with van der Waals surface area (Å²) in [7, 11) is 0. The third kappa shape index (κ3) is 4.14. The van der Waals surface area contributed by atoms with Crippen LogP contribution in [0.25, 0.3) is 0 Å². The molecule has 1 aliphatic carbocycles. The molecule has 1 aromatic rings. The average molecular weight is 236 g/mol. The van der Waals surface area contributed by atoms with E-state index < -0.39 is 0 Å². The first kappa shape index (κ1) is 14.2. The van der Waals surface area contributed by atoms with Gasteiger partial charge in [0.05, 0.1) is 0 Å². The number of benzene rings is 1. The molecule has 0 nitrogen and oxygen atoms in total. The van der Waals surface area contributed by atoms with E-state index in [1.165, 1.54) is 24.8 Å². The number of hydrogen-bond donors (Lipinski definition) is 0. The van der Waals surface area contributed by atoms with Gasteiger partial charge in [-0.25, -0.2) is 4.39 Å². The minimum absolute atomic E-state index is 0.0601. The lowest BCUT2D eigenvalue weighted by Crippen LogP contribution is -2.09. The second-order valence-electron chi connectivity index (χ2n) is 5.12. The lowest BCUT2D eigenvalue weighted by molar-refractivity contribution is 0.417. The quantitative estimate of drug-likeness (QED) is 0.666. The highest BCUT2D eigenvalue weighted by Gasteiger charge is 2.20. The van der Waals surface area contributed by atoms with Gasteiger partial charge >= 0.3 is 0 Å². The first-order valence-corrected chi connectivity index (χ1v) is 6.94. The first-order chi connectivity index (χ1) is 8.15. The summed E-state index contributed by atoms with van der Waals surface area (Å²) in [5.41, 5.74) is 2.38. The largest absolute Gasteiger partial charge is 0.207 e. The van der Waals surface area contributed by atoms with E-state index in [9.17, 15) is 4.39 Å². The molecule has 0 N–H and O–H groups in total. The minimum atomic E-state index is -0.0601. The van der Waals surface area contributed by atoms with Crippen LogP contribution in [0.2, 0.25) is 0 Å². The molecule has 0 aliphatic heterocycles. The molecule has 2 rings (SSSR count). The van der Waals surface area contributed by atoms with Gasteiger partial charge < -0.3 is 0 Å². The van der Waals surface area contributed by atoms with Gasteiger partial charge in [-0.15, -0.1) is 0 Å². The molecule has 1 heteroatoms. The van der Waals surface area contributed by atoms with Crippen LogP contribution in [0.1, 0.15) is 64.0 Å². The summed E-state index contributed by atoms with van der Waals surface area (Å²) in [5.74, 6) is 1.17. The van der Waals surface area contributed by atoms with E-state index in [-0.39, 0.29) is 5.82 Å².